The molecule has 9 rings (SSSR count). The van der Waals surface area contributed by atoms with E-state index >= 15 is 0 Å². The summed E-state index contributed by atoms with van der Waals surface area (Å²) in [5, 5.41) is 0. The van der Waals surface area contributed by atoms with E-state index in [1.54, 1.807) is 0 Å². The van der Waals surface area contributed by atoms with Crippen LogP contribution in [-0.4, -0.2) is 19.5 Å². The molecule has 0 saturated carbocycles. The van der Waals surface area contributed by atoms with E-state index in [9.17, 15) is 0 Å². The van der Waals surface area contributed by atoms with E-state index in [1.165, 1.54) is 11.1 Å². The predicted octanol–water partition coefficient (Wildman–Crippen LogP) is 9.60. The third-order valence-corrected chi connectivity index (χ3v) is 9.39. The average molecular weight is 589 g/mol. The van der Waals surface area contributed by atoms with E-state index in [1.807, 2.05) is 48.6 Å². The summed E-state index contributed by atoms with van der Waals surface area (Å²) in [7, 11) is 0. The van der Waals surface area contributed by atoms with Crippen molar-refractivity contribution in [3.05, 3.63) is 187 Å². The van der Waals surface area contributed by atoms with Gasteiger partial charge in [0.25, 0.3) is 0 Å². The molecule has 4 nitrogen and oxygen atoms in total. The molecule has 216 valence electrons. The molecule has 4 heteroatoms. The Hall–Kier alpha value is -6.13. The lowest BCUT2D eigenvalue weighted by Gasteiger charge is -2.28. The Morgan fingerprint density at radius 2 is 1.17 bits per heavy atom. The van der Waals surface area contributed by atoms with Gasteiger partial charge in [-0.1, -0.05) is 135 Å². The molecule has 7 aromatic rings. The number of para-hydroxylation sites is 2. The molecule has 0 saturated heterocycles. The SMILES string of the molecule is C=CC1=C(C=C)C2(c3ccccc31)c1ccccc1-n1c2nc2cccc(-c3nc(-c4ccccc4)cc(-c4ccccc4)n3)c21. The highest BCUT2D eigenvalue weighted by Gasteiger charge is 2.54. The molecule has 3 heterocycles. The Kier molecular flexibility index (Phi) is 5.68. The van der Waals surface area contributed by atoms with Crippen LogP contribution in [0.2, 0.25) is 0 Å². The molecule has 0 fully saturated rings. The van der Waals surface area contributed by atoms with Crippen molar-refractivity contribution >= 4 is 16.6 Å². The summed E-state index contributed by atoms with van der Waals surface area (Å²) < 4.78 is 2.33. The Morgan fingerprint density at radius 1 is 0.565 bits per heavy atom. The highest BCUT2D eigenvalue weighted by molar-refractivity contribution is 5.98. The summed E-state index contributed by atoms with van der Waals surface area (Å²) in [6, 6.07) is 46.2. The summed E-state index contributed by atoms with van der Waals surface area (Å²) >= 11 is 0. The molecular formula is C42H28N4. The molecule has 1 unspecified atom stereocenters. The van der Waals surface area contributed by atoms with Crippen molar-refractivity contribution in [2.24, 2.45) is 0 Å². The van der Waals surface area contributed by atoms with Crippen molar-refractivity contribution in [3.63, 3.8) is 0 Å². The van der Waals surface area contributed by atoms with Crippen LogP contribution in [0.1, 0.15) is 22.5 Å². The Balaban J connectivity index is 1.38. The van der Waals surface area contributed by atoms with Gasteiger partial charge in [0.1, 0.15) is 11.2 Å². The van der Waals surface area contributed by atoms with Gasteiger partial charge in [0.05, 0.1) is 28.1 Å². The summed E-state index contributed by atoms with van der Waals surface area (Å²) in [5.74, 6) is 1.60. The van der Waals surface area contributed by atoms with Gasteiger partial charge in [-0.25, -0.2) is 15.0 Å². The fourth-order valence-corrected chi connectivity index (χ4v) is 7.53. The lowest BCUT2D eigenvalue weighted by Crippen LogP contribution is -2.27. The first-order chi connectivity index (χ1) is 22.7. The second-order valence-electron chi connectivity index (χ2n) is 11.7. The lowest BCUT2D eigenvalue weighted by atomic mass is 9.72. The van der Waals surface area contributed by atoms with Crippen LogP contribution in [0.5, 0.6) is 0 Å². The second-order valence-corrected chi connectivity index (χ2v) is 11.7. The zero-order valence-electron chi connectivity index (χ0n) is 25.1. The van der Waals surface area contributed by atoms with Crippen molar-refractivity contribution in [1.29, 1.82) is 0 Å². The van der Waals surface area contributed by atoms with E-state index in [0.29, 0.717) is 5.82 Å². The Morgan fingerprint density at radius 3 is 1.85 bits per heavy atom. The van der Waals surface area contributed by atoms with E-state index in [4.69, 9.17) is 15.0 Å². The molecule has 0 radical (unpaired) electrons. The quantitative estimate of drug-likeness (QED) is 0.201. The molecular weight excluding hydrogens is 560 g/mol. The minimum Gasteiger partial charge on any atom is -0.294 e. The number of nitrogens with zero attached hydrogens (tertiary/aromatic N) is 4. The zero-order valence-corrected chi connectivity index (χ0v) is 25.1. The largest absolute Gasteiger partial charge is 0.294 e. The first kappa shape index (κ1) is 26.3. The number of rotatable bonds is 5. The average Bonchev–Trinajstić information content (AvgIpc) is 3.75. The molecule has 0 N–H and O–H groups in total. The summed E-state index contributed by atoms with van der Waals surface area (Å²) in [6.07, 6.45) is 3.94. The smallest absolute Gasteiger partial charge is 0.162 e. The summed E-state index contributed by atoms with van der Waals surface area (Å²) in [5.41, 5.74) is 12.8. The molecule has 1 aliphatic carbocycles. The molecule has 1 spiro atoms. The highest BCUT2D eigenvalue weighted by Crippen LogP contribution is 2.60. The van der Waals surface area contributed by atoms with E-state index in [-0.39, 0.29) is 0 Å². The van der Waals surface area contributed by atoms with Crippen LogP contribution < -0.4 is 0 Å². The maximum atomic E-state index is 5.45. The van der Waals surface area contributed by atoms with E-state index < -0.39 is 5.41 Å². The van der Waals surface area contributed by atoms with Gasteiger partial charge in [0, 0.05) is 16.7 Å². The van der Waals surface area contributed by atoms with Crippen molar-refractivity contribution in [2.45, 2.75) is 5.41 Å². The molecule has 0 amide bonds. The van der Waals surface area contributed by atoms with Gasteiger partial charge in [-0.05, 0) is 52.1 Å². The van der Waals surface area contributed by atoms with Crippen molar-refractivity contribution in [2.75, 3.05) is 0 Å². The molecule has 46 heavy (non-hydrogen) atoms. The van der Waals surface area contributed by atoms with Crippen LogP contribution in [0.3, 0.4) is 0 Å². The van der Waals surface area contributed by atoms with Gasteiger partial charge in [0.2, 0.25) is 0 Å². The summed E-state index contributed by atoms with van der Waals surface area (Å²) in [4.78, 5) is 15.8. The molecule has 1 atom stereocenters. The van der Waals surface area contributed by atoms with Crippen molar-refractivity contribution in [1.82, 2.24) is 19.5 Å². The van der Waals surface area contributed by atoms with Gasteiger partial charge in [-0.3, -0.25) is 4.57 Å². The van der Waals surface area contributed by atoms with Crippen LogP contribution >= 0.6 is 0 Å². The standard InChI is InChI=1S/C42H28N4/c1-3-29-30-20-11-12-22-33(30)42(32(29)4-2)34-23-13-14-25-38(34)46-39-31(21-15-24-35(39)45-41(42)46)40-43-36(27-16-7-5-8-17-27)26-37(44-40)28-18-9-6-10-19-28/h3-26H,1-2H2. The fraction of sp³-hybridized carbons (Fsp3) is 0.0238. The zero-order chi connectivity index (χ0) is 30.8. The third kappa shape index (κ3) is 3.47. The Labute approximate surface area is 267 Å². The Bertz CT molecular complexity index is 2340. The number of hydrogen-bond acceptors (Lipinski definition) is 3. The maximum absolute atomic E-state index is 5.45. The van der Waals surface area contributed by atoms with Gasteiger partial charge in [0.15, 0.2) is 5.82 Å². The fourth-order valence-electron chi connectivity index (χ4n) is 7.53. The molecule has 2 aliphatic rings. The highest BCUT2D eigenvalue weighted by atomic mass is 15.1. The molecule has 0 bridgehead atoms. The molecule has 1 aliphatic heterocycles. The van der Waals surface area contributed by atoms with Gasteiger partial charge in [-0.15, -0.1) is 0 Å². The molecule has 2 aromatic heterocycles. The van der Waals surface area contributed by atoms with E-state index in [2.05, 4.69) is 115 Å². The summed E-state index contributed by atoms with van der Waals surface area (Å²) in [6.45, 7) is 8.54. The number of fused-ring (bicyclic) bond motifs is 9. The third-order valence-electron chi connectivity index (χ3n) is 9.39. The minimum atomic E-state index is -0.628. The monoisotopic (exact) mass is 588 g/mol. The van der Waals surface area contributed by atoms with Crippen LogP contribution in [0.15, 0.2) is 164 Å². The van der Waals surface area contributed by atoms with Gasteiger partial charge >= 0.3 is 0 Å². The number of allylic oxidation sites excluding steroid dienone is 4. The van der Waals surface area contributed by atoms with Crippen LogP contribution in [-0.2, 0) is 5.41 Å². The van der Waals surface area contributed by atoms with Crippen molar-refractivity contribution < 1.29 is 0 Å². The molecule has 5 aromatic carbocycles. The topological polar surface area (TPSA) is 43.6 Å². The number of hydrogen-bond donors (Lipinski definition) is 0. The first-order valence-corrected chi connectivity index (χ1v) is 15.5. The maximum Gasteiger partial charge on any atom is 0.162 e. The number of imidazole rings is 1. The second kappa shape index (κ2) is 9.94. The van der Waals surface area contributed by atoms with Crippen LogP contribution in [0.4, 0.5) is 0 Å². The van der Waals surface area contributed by atoms with E-state index in [0.717, 1.165) is 67.3 Å². The van der Waals surface area contributed by atoms with Gasteiger partial charge in [-0.2, -0.15) is 0 Å². The van der Waals surface area contributed by atoms with Crippen LogP contribution in [0, 0.1) is 0 Å². The first-order valence-electron chi connectivity index (χ1n) is 15.5. The normalized spacial score (nSPS) is 16.0. The van der Waals surface area contributed by atoms with Crippen LogP contribution in [0.25, 0.3) is 56.2 Å². The van der Waals surface area contributed by atoms with Crippen molar-refractivity contribution in [3.8, 4) is 39.6 Å². The minimum absolute atomic E-state index is 0.628. The predicted molar refractivity (Wildman–Crippen MR) is 187 cm³/mol. The number of benzene rings is 5. The number of aromatic nitrogens is 4. The van der Waals surface area contributed by atoms with Gasteiger partial charge < -0.3 is 0 Å². The lowest BCUT2D eigenvalue weighted by molar-refractivity contribution is 0.732.